The Morgan fingerprint density at radius 3 is 2.17 bits per heavy atom. The Bertz CT molecular complexity index is 763. The van der Waals surface area contributed by atoms with Gasteiger partial charge in [0.1, 0.15) is 12.4 Å². The van der Waals surface area contributed by atoms with E-state index in [0.29, 0.717) is 11.3 Å². The normalized spacial score (nSPS) is 10.8. The van der Waals surface area contributed by atoms with E-state index in [0.717, 1.165) is 16.7 Å². The first-order chi connectivity index (χ1) is 11.4. The van der Waals surface area contributed by atoms with Gasteiger partial charge in [-0.2, -0.15) is 0 Å². The van der Waals surface area contributed by atoms with E-state index in [4.69, 9.17) is 4.74 Å². The zero-order valence-electron chi connectivity index (χ0n) is 14.0. The number of hydrogen-bond donors (Lipinski definition) is 0. The summed E-state index contributed by atoms with van der Waals surface area (Å²) in [6.45, 7) is 5.57. The minimum Gasteiger partial charge on any atom is -0.546 e. The molecule has 2 rings (SSSR count). The molecule has 0 amide bonds. The van der Waals surface area contributed by atoms with Gasteiger partial charge in [0.15, 0.2) is 5.78 Å². The molecule has 0 saturated heterocycles. The van der Waals surface area contributed by atoms with E-state index < -0.39 is 12.6 Å². The van der Waals surface area contributed by atoms with Crippen molar-refractivity contribution in [3.63, 3.8) is 0 Å². The highest BCUT2D eigenvalue weighted by molar-refractivity contribution is 6.07. The fourth-order valence-electron chi connectivity index (χ4n) is 2.57. The molecule has 4 heteroatoms. The van der Waals surface area contributed by atoms with E-state index in [1.165, 1.54) is 5.56 Å². The van der Waals surface area contributed by atoms with Crippen molar-refractivity contribution in [2.24, 2.45) is 0 Å². The van der Waals surface area contributed by atoms with Crippen LogP contribution >= 0.6 is 0 Å². The van der Waals surface area contributed by atoms with Gasteiger partial charge >= 0.3 is 0 Å². The van der Waals surface area contributed by atoms with Gasteiger partial charge < -0.3 is 14.6 Å². The summed E-state index contributed by atoms with van der Waals surface area (Å²) in [7, 11) is 0. The van der Waals surface area contributed by atoms with Crippen molar-refractivity contribution in [2.45, 2.75) is 20.8 Å². The van der Waals surface area contributed by atoms with Gasteiger partial charge in [-0.3, -0.25) is 4.79 Å². The van der Waals surface area contributed by atoms with Gasteiger partial charge in [0.25, 0.3) is 0 Å². The third-order valence-electron chi connectivity index (χ3n) is 3.63. The quantitative estimate of drug-likeness (QED) is 0.605. The molecule has 0 radical (unpaired) electrons. The van der Waals surface area contributed by atoms with Crippen molar-refractivity contribution in [1.82, 2.24) is 0 Å². The second-order valence-electron chi connectivity index (χ2n) is 5.70. The van der Waals surface area contributed by atoms with Crippen LogP contribution in [0, 0.1) is 20.8 Å². The Kier molecular flexibility index (Phi) is 5.53. The lowest BCUT2D eigenvalue weighted by Crippen LogP contribution is -2.28. The van der Waals surface area contributed by atoms with Crippen LogP contribution in [0.3, 0.4) is 0 Å². The number of aryl methyl sites for hydroxylation is 3. The van der Waals surface area contributed by atoms with E-state index >= 15 is 0 Å². The molecule has 4 nitrogen and oxygen atoms in total. The summed E-state index contributed by atoms with van der Waals surface area (Å²) in [5.74, 6) is -1.03. The first kappa shape index (κ1) is 17.5. The number of carbonyl (C=O) groups excluding carboxylic acids is 2. The van der Waals surface area contributed by atoms with Gasteiger partial charge in [0.05, 0.1) is 5.97 Å². The molecule has 0 atom stereocenters. The number of ether oxygens (including phenoxy) is 1. The number of allylic oxidation sites excluding steroid dienone is 1. The average molecular weight is 323 g/mol. The van der Waals surface area contributed by atoms with Crippen LogP contribution in [0.1, 0.15) is 32.6 Å². The minimum atomic E-state index is -1.29. The largest absolute Gasteiger partial charge is 0.546 e. The smallest absolute Gasteiger partial charge is 0.185 e. The van der Waals surface area contributed by atoms with Gasteiger partial charge in [0, 0.05) is 5.56 Å². The number of carboxylic acids is 1. The van der Waals surface area contributed by atoms with Crippen LogP contribution in [0.2, 0.25) is 0 Å². The maximum atomic E-state index is 12.3. The van der Waals surface area contributed by atoms with Gasteiger partial charge in [0.2, 0.25) is 0 Å². The van der Waals surface area contributed by atoms with Crippen LogP contribution in [0.15, 0.2) is 42.5 Å². The molecule has 0 bridgehead atoms. The highest BCUT2D eigenvalue weighted by Crippen LogP contribution is 2.19. The highest BCUT2D eigenvalue weighted by atomic mass is 16.5. The lowest BCUT2D eigenvalue weighted by atomic mass is 9.98. The number of carboxylic acid groups (broad SMARTS) is 1. The number of benzene rings is 2. The number of carbonyl (C=O) groups is 2. The van der Waals surface area contributed by atoms with E-state index in [2.05, 4.69) is 12.1 Å². The van der Waals surface area contributed by atoms with Crippen LogP contribution < -0.4 is 9.84 Å². The maximum Gasteiger partial charge on any atom is 0.185 e. The summed E-state index contributed by atoms with van der Waals surface area (Å²) in [4.78, 5) is 22.6. The number of rotatable bonds is 6. The molecule has 0 unspecified atom stereocenters. The van der Waals surface area contributed by atoms with Crippen LogP contribution in [0.25, 0.3) is 6.08 Å². The fourth-order valence-corrected chi connectivity index (χ4v) is 2.57. The predicted octanol–water partition coefficient (Wildman–Crippen LogP) is 2.64. The molecule has 0 aliphatic rings. The van der Waals surface area contributed by atoms with Crippen LogP contribution in [-0.4, -0.2) is 18.4 Å². The van der Waals surface area contributed by atoms with Crippen LogP contribution in [0.5, 0.6) is 5.75 Å². The molecule has 124 valence electrons. The number of aliphatic carboxylic acids is 1. The second kappa shape index (κ2) is 7.59. The molecule has 0 fully saturated rings. The summed E-state index contributed by atoms with van der Waals surface area (Å²) in [5, 5.41) is 10.3. The van der Waals surface area contributed by atoms with E-state index in [1.54, 1.807) is 30.3 Å². The fraction of sp³-hybridized carbons (Fsp3) is 0.200. The van der Waals surface area contributed by atoms with Gasteiger partial charge in [-0.25, -0.2) is 0 Å². The third-order valence-corrected chi connectivity index (χ3v) is 3.63. The Balaban J connectivity index is 2.11. The Labute approximate surface area is 141 Å². The first-order valence-corrected chi connectivity index (χ1v) is 7.60. The van der Waals surface area contributed by atoms with Crippen molar-refractivity contribution in [3.05, 3.63) is 70.3 Å². The first-order valence-electron chi connectivity index (χ1n) is 7.60. The SMILES string of the molecule is Cc1cc(C)c(/C=C/C(=O)c2ccc(OCC(=O)[O-])cc2)c(C)c1. The molecule has 0 saturated carbocycles. The lowest BCUT2D eigenvalue weighted by molar-refractivity contribution is -0.307. The summed E-state index contributed by atoms with van der Waals surface area (Å²) in [5.41, 5.74) is 5.00. The van der Waals surface area contributed by atoms with Crippen molar-refractivity contribution in [1.29, 1.82) is 0 Å². The van der Waals surface area contributed by atoms with E-state index in [1.807, 2.05) is 26.8 Å². The zero-order valence-corrected chi connectivity index (χ0v) is 14.0. The van der Waals surface area contributed by atoms with Crippen molar-refractivity contribution in [2.75, 3.05) is 6.61 Å². The molecule has 0 aliphatic carbocycles. The molecule has 0 aliphatic heterocycles. The third kappa shape index (κ3) is 4.56. The molecular formula is C20H19O4-. The summed E-state index contributed by atoms with van der Waals surface area (Å²) in [6, 6.07) is 10.5. The molecule has 2 aromatic carbocycles. The summed E-state index contributed by atoms with van der Waals surface area (Å²) < 4.78 is 4.98. The second-order valence-corrected chi connectivity index (χ2v) is 5.70. The average Bonchev–Trinajstić information content (AvgIpc) is 2.52. The van der Waals surface area contributed by atoms with Crippen molar-refractivity contribution < 1.29 is 19.4 Å². The molecule has 0 heterocycles. The highest BCUT2D eigenvalue weighted by Gasteiger charge is 2.05. The molecular weight excluding hydrogens is 304 g/mol. The van der Waals surface area contributed by atoms with Crippen LogP contribution in [0.4, 0.5) is 0 Å². The topological polar surface area (TPSA) is 66.4 Å². The molecule has 24 heavy (non-hydrogen) atoms. The Morgan fingerprint density at radius 2 is 1.62 bits per heavy atom. The molecule has 0 N–H and O–H groups in total. The van der Waals surface area contributed by atoms with Gasteiger partial charge in [-0.15, -0.1) is 0 Å². The van der Waals surface area contributed by atoms with Crippen molar-refractivity contribution >= 4 is 17.8 Å². The lowest BCUT2D eigenvalue weighted by Gasteiger charge is -2.07. The monoisotopic (exact) mass is 323 g/mol. The minimum absolute atomic E-state index is 0.124. The Hall–Kier alpha value is -2.88. The molecule has 0 spiro atoms. The molecule has 2 aromatic rings. The van der Waals surface area contributed by atoms with Gasteiger partial charge in [-0.05, 0) is 67.8 Å². The number of ketones is 1. The van der Waals surface area contributed by atoms with E-state index in [9.17, 15) is 14.7 Å². The van der Waals surface area contributed by atoms with Gasteiger partial charge in [-0.1, -0.05) is 23.8 Å². The zero-order chi connectivity index (χ0) is 17.7. The maximum absolute atomic E-state index is 12.3. The predicted molar refractivity (Wildman–Crippen MR) is 91.0 cm³/mol. The standard InChI is InChI=1S/C20H20O4/c1-13-10-14(2)18(15(3)11-13)8-9-19(21)16-4-6-17(7-5-16)24-12-20(22)23/h4-11H,12H2,1-3H3,(H,22,23)/p-1/b9-8+. The van der Waals surface area contributed by atoms with Crippen molar-refractivity contribution in [3.8, 4) is 5.75 Å². The summed E-state index contributed by atoms with van der Waals surface area (Å²) >= 11 is 0. The summed E-state index contributed by atoms with van der Waals surface area (Å²) in [6.07, 6.45) is 3.37. The number of hydrogen-bond acceptors (Lipinski definition) is 4. The van der Waals surface area contributed by atoms with Crippen LogP contribution in [-0.2, 0) is 4.79 Å². The Morgan fingerprint density at radius 1 is 1.04 bits per heavy atom. The molecule has 0 aromatic heterocycles. The van der Waals surface area contributed by atoms with E-state index in [-0.39, 0.29) is 5.78 Å².